The minimum absolute atomic E-state index is 0.183. The Morgan fingerprint density at radius 1 is 1.11 bits per heavy atom. The number of hydrogen-bond acceptors (Lipinski definition) is 3. The van der Waals surface area contributed by atoms with Gasteiger partial charge in [-0.05, 0) is 35.0 Å². The number of fused-ring (bicyclic) bond motifs is 1. The number of nitrogens with two attached hydrogens (primary N) is 1. The van der Waals surface area contributed by atoms with Crippen LogP contribution in [-0.4, -0.2) is 18.9 Å². The Labute approximate surface area is 102 Å². The Balaban J connectivity index is 2.79. The van der Waals surface area contributed by atoms with Crippen molar-refractivity contribution in [2.45, 2.75) is 4.90 Å². The summed E-state index contributed by atoms with van der Waals surface area (Å²) in [6.45, 7) is 0. The molecule has 0 aliphatic carbocycles. The normalized spacial score (nSPS) is 11.6. The first-order valence-corrected chi connectivity index (χ1v) is 6.25. The SMILES string of the molecule is NC(=O)c1ccc2cc([O])c(S(=O)(=O)O)cc2c1. The third-order valence-electron chi connectivity index (χ3n) is 2.47. The summed E-state index contributed by atoms with van der Waals surface area (Å²) in [5, 5.41) is 12.3. The van der Waals surface area contributed by atoms with Crippen LogP contribution in [0.15, 0.2) is 35.2 Å². The van der Waals surface area contributed by atoms with Crippen LogP contribution in [0, 0.1) is 0 Å². The van der Waals surface area contributed by atoms with Crippen molar-refractivity contribution in [2.24, 2.45) is 5.73 Å². The summed E-state index contributed by atoms with van der Waals surface area (Å²) in [7, 11) is -4.59. The number of hydrogen-bond donors (Lipinski definition) is 2. The lowest BCUT2D eigenvalue weighted by Gasteiger charge is -2.04. The van der Waals surface area contributed by atoms with E-state index in [1.165, 1.54) is 18.2 Å². The van der Waals surface area contributed by atoms with E-state index >= 15 is 0 Å². The van der Waals surface area contributed by atoms with Gasteiger partial charge in [-0.2, -0.15) is 8.42 Å². The summed E-state index contributed by atoms with van der Waals surface area (Å²) in [6.07, 6.45) is 0. The number of primary amides is 1. The van der Waals surface area contributed by atoms with E-state index in [2.05, 4.69) is 0 Å². The van der Waals surface area contributed by atoms with Crippen LogP contribution < -0.4 is 5.73 Å². The molecular formula is C11H8NO5S. The third kappa shape index (κ3) is 2.13. The molecule has 0 bridgehead atoms. The summed E-state index contributed by atoms with van der Waals surface area (Å²) < 4.78 is 30.8. The minimum Gasteiger partial charge on any atom is -0.366 e. The topological polar surface area (TPSA) is 117 Å². The van der Waals surface area contributed by atoms with Crippen LogP contribution >= 0.6 is 0 Å². The summed E-state index contributed by atoms with van der Waals surface area (Å²) in [4.78, 5) is 10.3. The van der Waals surface area contributed by atoms with Gasteiger partial charge in [-0.15, -0.1) is 0 Å². The highest BCUT2D eigenvalue weighted by molar-refractivity contribution is 7.86. The fourth-order valence-corrected chi connectivity index (χ4v) is 2.20. The Hall–Kier alpha value is -2.12. The van der Waals surface area contributed by atoms with Gasteiger partial charge in [0.25, 0.3) is 10.1 Å². The molecule has 0 spiro atoms. The molecule has 93 valence electrons. The maximum absolute atomic E-state index is 11.5. The van der Waals surface area contributed by atoms with E-state index in [-0.39, 0.29) is 5.56 Å². The van der Waals surface area contributed by atoms with Crippen molar-refractivity contribution in [3.63, 3.8) is 0 Å². The second kappa shape index (κ2) is 3.97. The predicted molar refractivity (Wildman–Crippen MR) is 62.4 cm³/mol. The summed E-state index contributed by atoms with van der Waals surface area (Å²) in [5.41, 5.74) is 5.27. The minimum atomic E-state index is -4.59. The molecule has 2 aromatic carbocycles. The summed E-state index contributed by atoms with van der Waals surface area (Å²) in [5.74, 6) is -1.48. The zero-order valence-electron chi connectivity index (χ0n) is 8.95. The van der Waals surface area contributed by atoms with Crippen molar-refractivity contribution in [1.29, 1.82) is 0 Å². The fourth-order valence-electron chi connectivity index (χ4n) is 1.61. The predicted octanol–water partition coefficient (Wildman–Crippen LogP) is 1.33. The van der Waals surface area contributed by atoms with Crippen molar-refractivity contribution >= 4 is 26.8 Å². The molecule has 0 heterocycles. The highest BCUT2D eigenvalue weighted by Crippen LogP contribution is 2.29. The maximum Gasteiger partial charge on any atom is 0.298 e. The van der Waals surface area contributed by atoms with E-state index in [0.717, 1.165) is 12.1 Å². The molecule has 0 unspecified atom stereocenters. The van der Waals surface area contributed by atoms with E-state index in [0.29, 0.717) is 10.8 Å². The van der Waals surface area contributed by atoms with Gasteiger partial charge in [-0.3, -0.25) is 14.5 Å². The first kappa shape index (κ1) is 12.3. The Bertz CT molecular complexity index is 751. The molecule has 0 aliphatic heterocycles. The molecule has 0 aliphatic rings. The fraction of sp³-hybridized carbons (Fsp3) is 0. The quantitative estimate of drug-likeness (QED) is 0.797. The lowest BCUT2D eigenvalue weighted by atomic mass is 10.1. The standard InChI is InChI=1S/C11H8NO5S/c12-11(14)7-2-1-6-4-9(13)10(18(15,16)17)5-8(6)3-7/h1-5H,(H2,12,14)(H,15,16,17). The smallest absolute Gasteiger partial charge is 0.298 e. The van der Waals surface area contributed by atoms with Gasteiger partial charge in [0, 0.05) is 5.56 Å². The highest BCUT2D eigenvalue weighted by Gasteiger charge is 2.18. The third-order valence-corrected chi connectivity index (χ3v) is 3.34. The first-order chi connectivity index (χ1) is 8.29. The lowest BCUT2D eigenvalue weighted by Crippen LogP contribution is -2.10. The largest absolute Gasteiger partial charge is 0.366 e. The number of amides is 1. The molecule has 2 aromatic rings. The maximum atomic E-state index is 11.5. The van der Waals surface area contributed by atoms with Crippen LogP contribution in [0.1, 0.15) is 10.4 Å². The summed E-state index contributed by atoms with van der Waals surface area (Å²) in [6, 6.07) is 6.34. The van der Waals surface area contributed by atoms with Crippen LogP contribution in [0.4, 0.5) is 0 Å². The molecule has 1 amide bonds. The van der Waals surface area contributed by atoms with Crippen molar-refractivity contribution in [2.75, 3.05) is 0 Å². The zero-order chi connectivity index (χ0) is 13.5. The van der Waals surface area contributed by atoms with Gasteiger partial charge in [-0.1, -0.05) is 6.07 Å². The average molecular weight is 266 g/mol. The van der Waals surface area contributed by atoms with Gasteiger partial charge in [0.15, 0.2) is 5.75 Å². The number of benzene rings is 2. The van der Waals surface area contributed by atoms with Crippen molar-refractivity contribution in [3.8, 4) is 5.75 Å². The van der Waals surface area contributed by atoms with Crippen molar-refractivity contribution in [1.82, 2.24) is 0 Å². The van der Waals surface area contributed by atoms with E-state index in [4.69, 9.17) is 10.3 Å². The molecule has 0 atom stereocenters. The highest BCUT2D eigenvalue weighted by atomic mass is 32.2. The van der Waals surface area contributed by atoms with E-state index in [1.807, 2.05) is 0 Å². The zero-order valence-corrected chi connectivity index (χ0v) is 9.77. The second-order valence-corrected chi connectivity index (χ2v) is 5.09. The number of carbonyl (C=O) groups is 1. The van der Waals surface area contributed by atoms with Crippen LogP contribution in [0.3, 0.4) is 0 Å². The monoisotopic (exact) mass is 266 g/mol. The van der Waals surface area contributed by atoms with Crippen LogP contribution in [-0.2, 0) is 15.2 Å². The molecule has 1 radical (unpaired) electrons. The van der Waals surface area contributed by atoms with Crippen molar-refractivity contribution in [3.05, 3.63) is 35.9 Å². The van der Waals surface area contributed by atoms with Crippen LogP contribution in [0.5, 0.6) is 5.75 Å². The van der Waals surface area contributed by atoms with Crippen LogP contribution in [0.2, 0.25) is 0 Å². The van der Waals surface area contributed by atoms with Gasteiger partial charge in [0.1, 0.15) is 4.90 Å². The van der Waals surface area contributed by atoms with Gasteiger partial charge in [-0.25, -0.2) is 0 Å². The van der Waals surface area contributed by atoms with Gasteiger partial charge in [0.2, 0.25) is 5.91 Å². The first-order valence-electron chi connectivity index (χ1n) is 4.81. The van der Waals surface area contributed by atoms with Crippen LogP contribution in [0.25, 0.3) is 10.8 Å². The summed E-state index contributed by atoms with van der Waals surface area (Å²) >= 11 is 0. The van der Waals surface area contributed by atoms with E-state index in [9.17, 15) is 18.3 Å². The molecule has 6 nitrogen and oxygen atoms in total. The van der Waals surface area contributed by atoms with E-state index < -0.39 is 26.7 Å². The molecular weight excluding hydrogens is 258 g/mol. The van der Waals surface area contributed by atoms with Gasteiger partial charge >= 0.3 is 0 Å². The molecule has 7 heteroatoms. The molecule has 0 fully saturated rings. The Morgan fingerprint density at radius 3 is 2.33 bits per heavy atom. The number of carbonyl (C=O) groups excluding carboxylic acids is 1. The number of rotatable bonds is 2. The van der Waals surface area contributed by atoms with Gasteiger partial charge < -0.3 is 5.73 Å². The van der Waals surface area contributed by atoms with E-state index in [1.54, 1.807) is 0 Å². The second-order valence-electron chi connectivity index (χ2n) is 3.70. The van der Waals surface area contributed by atoms with Crippen molar-refractivity contribution < 1.29 is 22.9 Å². The molecule has 18 heavy (non-hydrogen) atoms. The molecule has 2 rings (SSSR count). The molecule has 0 aromatic heterocycles. The molecule has 0 saturated heterocycles. The lowest BCUT2D eigenvalue weighted by molar-refractivity contribution is 0.100. The Morgan fingerprint density at radius 2 is 1.78 bits per heavy atom. The molecule has 0 saturated carbocycles. The average Bonchev–Trinajstić information content (AvgIpc) is 2.25. The Kier molecular flexibility index (Phi) is 2.72. The molecule has 3 N–H and O–H groups in total. The van der Waals surface area contributed by atoms with Gasteiger partial charge in [0.05, 0.1) is 0 Å².